The van der Waals surface area contributed by atoms with Crippen LogP contribution in [0, 0.1) is 0 Å². The molecule has 224 valence electrons. The zero-order valence-corrected chi connectivity index (χ0v) is 25.6. The number of hydrogen-bond donors (Lipinski definition) is 5. The van der Waals surface area contributed by atoms with Crippen LogP contribution < -0.4 is 16.4 Å². The number of phosphoric acid groups is 1. The molecule has 0 amide bonds. The molecule has 0 saturated heterocycles. The van der Waals surface area contributed by atoms with Crippen molar-refractivity contribution in [1.29, 1.82) is 0 Å². The average molecular weight is 641 g/mol. The zero-order valence-electron chi connectivity index (χ0n) is 23.9. The number of rotatable bonds is 11. The molecule has 1 unspecified atom stereocenters. The normalized spacial score (nSPS) is 12.9. The van der Waals surface area contributed by atoms with Crippen LogP contribution in [0.4, 0.5) is 22.9 Å². The molecule has 1 atom stereocenters. The summed E-state index contributed by atoms with van der Waals surface area (Å²) in [6.45, 7) is 5.73. The average Bonchev–Trinajstić information content (AvgIpc) is 2.98. The molecule has 0 spiro atoms. The molecular formula is C31H34N6NaO4PS. The van der Waals surface area contributed by atoms with E-state index in [1.165, 1.54) is 6.33 Å². The van der Waals surface area contributed by atoms with Crippen molar-refractivity contribution in [2.45, 2.75) is 42.0 Å². The van der Waals surface area contributed by atoms with Gasteiger partial charge in [-0.1, -0.05) is 55.9 Å². The van der Waals surface area contributed by atoms with E-state index in [1.54, 1.807) is 11.8 Å². The first-order valence-corrected chi connectivity index (χ1v) is 15.9. The number of nitrogens with zero attached hydrogens (tertiary/aromatic N) is 3. The Labute approximate surface area is 282 Å². The quantitative estimate of drug-likeness (QED) is 0.0617. The summed E-state index contributed by atoms with van der Waals surface area (Å²) < 4.78 is 16.6. The molecule has 3 aromatic carbocycles. The van der Waals surface area contributed by atoms with E-state index in [-0.39, 0.29) is 42.1 Å². The van der Waals surface area contributed by atoms with E-state index in [9.17, 15) is 14.4 Å². The van der Waals surface area contributed by atoms with Crippen molar-refractivity contribution in [3.8, 4) is 0 Å². The van der Waals surface area contributed by atoms with Crippen LogP contribution >= 0.6 is 19.6 Å². The first-order valence-electron chi connectivity index (χ1n) is 13.6. The molecule has 0 aliphatic heterocycles. The maximum atomic E-state index is 11.6. The Morgan fingerprint density at radius 3 is 2.41 bits per heavy atom. The third-order valence-corrected chi connectivity index (χ3v) is 8.35. The molecule has 5 aromatic rings. The van der Waals surface area contributed by atoms with Crippen molar-refractivity contribution in [3.05, 3.63) is 103 Å². The molecule has 0 radical (unpaired) electrons. The predicted octanol–water partition coefficient (Wildman–Crippen LogP) is 6.41. The van der Waals surface area contributed by atoms with E-state index in [4.69, 9.17) is 15.2 Å². The van der Waals surface area contributed by atoms with Gasteiger partial charge in [0.2, 0.25) is 0 Å². The van der Waals surface area contributed by atoms with Gasteiger partial charge in [0.25, 0.3) is 0 Å². The summed E-state index contributed by atoms with van der Waals surface area (Å²) in [5.74, 6) is 0.856. The van der Waals surface area contributed by atoms with Crippen molar-refractivity contribution in [3.63, 3.8) is 0 Å². The molecule has 2 aromatic heterocycles. The Balaban J connectivity index is 0.00000442. The maximum absolute atomic E-state index is 11.6. The fraction of sp³-hybridized carbons (Fsp3) is 0.194. The van der Waals surface area contributed by atoms with E-state index in [0.717, 1.165) is 32.1 Å². The van der Waals surface area contributed by atoms with Gasteiger partial charge in [-0.15, -0.1) is 0 Å². The summed E-state index contributed by atoms with van der Waals surface area (Å²) in [7, 11) is -4.71. The summed E-state index contributed by atoms with van der Waals surface area (Å²) in [6, 6.07) is 26.8. The van der Waals surface area contributed by atoms with Gasteiger partial charge in [-0.25, -0.2) is 19.5 Å². The molecular weight excluding hydrogens is 606 g/mol. The molecule has 6 N–H and O–H groups in total. The zero-order chi connectivity index (χ0) is 30.6. The van der Waals surface area contributed by atoms with Crippen molar-refractivity contribution in [2.75, 3.05) is 23.0 Å². The van der Waals surface area contributed by atoms with Crippen molar-refractivity contribution < 1.29 is 18.9 Å². The number of benzene rings is 3. The summed E-state index contributed by atoms with van der Waals surface area (Å²) in [6.07, 6.45) is 1.49. The number of nitrogens with one attached hydrogen (secondary N) is 2. The predicted molar refractivity (Wildman–Crippen MR) is 179 cm³/mol. The molecule has 0 saturated carbocycles. The second-order valence-electron chi connectivity index (χ2n) is 10.6. The van der Waals surface area contributed by atoms with Crippen LogP contribution in [0.3, 0.4) is 0 Å². The first-order chi connectivity index (χ1) is 20.5. The van der Waals surface area contributed by atoms with Crippen LogP contribution in [0.2, 0.25) is 0 Å². The van der Waals surface area contributed by atoms with E-state index < -0.39 is 13.4 Å². The molecule has 0 fully saturated rings. The van der Waals surface area contributed by atoms with Crippen LogP contribution in [0.1, 0.15) is 37.9 Å². The van der Waals surface area contributed by atoms with Crippen LogP contribution in [-0.2, 0) is 14.6 Å². The Morgan fingerprint density at radius 1 is 1.00 bits per heavy atom. The van der Waals surface area contributed by atoms with E-state index in [2.05, 4.69) is 34.4 Å². The summed E-state index contributed by atoms with van der Waals surface area (Å²) in [4.78, 5) is 34.5. The third kappa shape index (κ3) is 8.59. The minimum atomic E-state index is -4.71. The molecule has 5 rings (SSSR count). The number of nitrogen functional groups attached to an aromatic ring is 1. The monoisotopic (exact) mass is 640 g/mol. The van der Waals surface area contributed by atoms with Crippen LogP contribution in [-0.4, -0.2) is 60.9 Å². The van der Waals surface area contributed by atoms with E-state index in [0.29, 0.717) is 22.8 Å². The number of phosphoric ester groups is 1. The van der Waals surface area contributed by atoms with Gasteiger partial charge in [-0.3, -0.25) is 4.52 Å². The summed E-state index contributed by atoms with van der Waals surface area (Å²) >= 11 is 1.56. The van der Waals surface area contributed by atoms with E-state index >= 15 is 0 Å². The SMILES string of the molecule is CC(C)c1ccc2c(Nc3cc(NC(C)(COP(=O)(O)O)c4ccccc4)ccc3Sc3ccc(N)cc3)ncnc2n1.[NaH]. The second kappa shape index (κ2) is 14.4. The fourth-order valence-corrected chi connectivity index (χ4v) is 5.80. The molecule has 10 nitrogen and oxygen atoms in total. The molecule has 44 heavy (non-hydrogen) atoms. The van der Waals surface area contributed by atoms with Gasteiger partial charge in [0, 0.05) is 26.9 Å². The Bertz CT molecular complexity index is 1780. The van der Waals surface area contributed by atoms with Gasteiger partial charge in [0.05, 0.1) is 23.2 Å². The van der Waals surface area contributed by atoms with Gasteiger partial charge in [0.1, 0.15) is 12.1 Å². The van der Waals surface area contributed by atoms with Crippen molar-refractivity contribution >= 4 is 83.1 Å². The Morgan fingerprint density at radius 2 is 1.73 bits per heavy atom. The number of hydrogen-bond acceptors (Lipinski definition) is 9. The topological polar surface area (TPSA) is 156 Å². The standard InChI is InChI=1S/C31H33N6O4PS.Na.H/c1-20(2)26-15-14-25-29(35-26)33-19-34-30(25)36-27-17-23(11-16-28(27)43-24-12-9-22(32)10-13-24)37-31(3,18-41-42(38,39)40)21-7-5-4-6-8-21;;/h4-17,19-20,37H,18,32H2,1-3H3,(H2,38,39,40)(H,33,34,35,36);;. The van der Waals surface area contributed by atoms with E-state index in [1.807, 2.05) is 91.9 Å². The Hall–Kier alpha value is -2.99. The van der Waals surface area contributed by atoms with Crippen molar-refractivity contribution in [2.24, 2.45) is 0 Å². The van der Waals surface area contributed by atoms with Crippen LogP contribution in [0.25, 0.3) is 11.0 Å². The van der Waals surface area contributed by atoms with Gasteiger partial charge < -0.3 is 26.2 Å². The fourth-order valence-electron chi connectivity index (χ4n) is 4.49. The van der Waals surface area contributed by atoms with Gasteiger partial charge in [-0.05, 0) is 73.0 Å². The summed E-state index contributed by atoms with van der Waals surface area (Å²) in [5, 5.41) is 7.71. The first kappa shape index (κ1) is 33.9. The summed E-state index contributed by atoms with van der Waals surface area (Å²) in [5.41, 5.74) is 9.41. The molecule has 2 heterocycles. The van der Waals surface area contributed by atoms with Crippen LogP contribution in [0.15, 0.2) is 101 Å². The molecule has 13 heteroatoms. The van der Waals surface area contributed by atoms with Gasteiger partial charge >= 0.3 is 37.4 Å². The molecule has 0 aliphatic carbocycles. The number of fused-ring (bicyclic) bond motifs is 1. The van der Waals surface area contributed by atoms with Crippen molar-refractivity contribution in [1.82, 2.24) is 15.0 Å². The van der Waals surface area contributed by atoms with Gasteiger partial charge in [-0.2, -0.15) is 0 Å². The van der Waals surface area contributed by atoms with Crippen LogP contribution in [0.5, 0.6) is 0 Å². The number of pyridine rings is 1. The number of nitrogens with two attached hydrogens (primary N) is 1. The Kier molecular flexibility index (Phi) is 11.1. The second-order valence-corrected chi connectivity index (χ2v) is 12.9. The molecule has 0 aliphatic rings. The minimum absolute atomic E-state index is 0. The number of anilines is 4. The number of aromatic nitrogens is 3. The molecule has 0 bridgehead atoms. The van der Waals surface area contributed by atoms with Gasteiger partial charge in [0.15, 0.2) is 5.65 Å². The third-order valence-electron chi connectivity index (χ3n) is 6.80.